The van der Waals surface area contributed by atoms with Crippen molar-refractivity contribution in [2.45, 2.75) is 0 Å². The molecule has 0 aromatic heterocycles. The first-order valence-corrected chi connectivity index (χ1v) is 5.67. The van der Waals surface area contributed by atoms with E-state index in [-0.39, 0.29) is 0 Å². The van der Waals surface area contributed by atoms with E-state index in [0.717, 1.165) is 0 Å². The summed E-state index contributed by atoms with van der Waals surface area (Å²) in [6.07, 6.45) is 0. The third kappa shape index (κ3) is 2.82. The molecule has 0 fully saturated rings. The molecular formula is C12H7Cl3O. The van der Waals surface area contributed by atoms with Crippen LogP contribution in [0.3, 0.4) is 0 Å². The van der Waals surface area contributed by atoms with Crippen molar-refractivity contribution in [2.75, 3.05) is 0 Å². The number of halogens is 3. The van der Waals surface area contributed by atoms with E-state index in [4.69, 9.17) is 39.5 Å². The second-order valence-electron chi connectivity index (χ2n) is 3.14. The molecule has 0 heterocycles. The second-order valence-corrected chi connectivity index (χ2v) is 4.39. The molecule has 4 heteroatoms. The standard InChI is InChI=1S/C12H7Cl3O/c13-8-2-1-3-9(6-8)16-10-4-5-11(14)12(15)7-10/h1-7H. The lowest BCUT2D eigenvalue weighted by atomic mass is 10.3. The Labute approximate surface area is 109 Å². The van der Waals surface area contributed by atoms with Gasteiger partial charge in [0, 0.05) is 11.1 Å². The lowest BCUT2D eigenvalue weighted by molar-refractivity contribution is 0.483. The summed E-state index contributed by atoms with van der Waals surface area (Å²) in [5, 5.41) is 1.58. The van der Waals surface area contributed by atoms with Crippen LogP contribution in [0.5, 0.6) is 11.5 Å². The summed E-state index contributed by atoms with van der Waals surface area (Å²) in [6, 6.07) is 12.2. The predicted octanol–water partition coefficient (Wildman–Crippen LogP) is 5.44. The molecule has 0 aliphatic heterocycles. The zero-order valence-corrected chi connectivity index (χ0v) is 10.4. The summed E-state index contributed by atoms with van der Waals surface area (Å²) in [4.78, 5) is 0. The molecule has 2 rings (SSSR count). The van der Waals surface area contributed by atoms with Crippen LogP contribution >= 0.6 is 34.8 Å². The maximum atomic E-state index is 5.87. The molecule has 0 saturated heterocycles. The summed E-state index contributed by atoms with van der Waals surface area (Å²) in [5.74, 6) is 1.28. The molecule has 82 valence electrons. The highest BCUT2D eigenvalue weighted by molar-refractivity contribution is 6.42. The minimum absolute atomic E-state index is 0.459. The molecule has 0 amide bonds. The number of hydrogen-bond acceptors (Lipinski definition) is 1. The Bertz CT molecular complexity index is 511. The van der Waals surface area contributed by atoms with E-state index in [2.05, 4.69) is 0 Å². The molecule has 0 aliphatic carbocycles. The number of hydrogen-bond donors (Lipinski definition) is 0. The fourth-order valence-electron chi connectivity index (χ4n) is 1.21. The fraction of sp³-hybridized carbons (Fsp3) is 0. The van der Waals surface area contributed by atoms with Crippen LogP contribution in [0.4, 0.5) is 0 Å². The molecule has 0 N–H and O–H groups in total. The van der Waals surface area contributed by atoms with Crippen LogP contribution < -0.4 is 4.74 Å². The molecule has 0 radical (unpaired) electrons. The van der Waals surface area contributed by atoms with Crippen molar-refractivity contribution in [3.63, 3.8) is 0 Å². The minimum Gasteiger partial charge on any atom is -0.457 e. The normalized spacial score (nSPS) is 10.2. The van der Waals surface area contributed by atoms with E-state index in [1.807, 2.05) is 12.1 Å². The topological polar surface area (TPSA) is 9.23 Å². The third-order valence-corrected chi connectivity index (χ3v) is 2.90. The van der Waals surface area contributed by atoms with Gasteiger partial charge in [-0.3, -0.25) is 0 Å². The molecule has 1 nitrogen and oxygen atoms in total. The van der Waals surface area contributed by atoms with Crippen molar-refractivity contribution in [2.24, 2.45) is 0 Å². The molecule has 16 heavy (non-hydrogen) atoms. The van der Waals surface area contributed by atoms with Gasteiger partial charge in [-0.05, 0) is 30.3 Å². The summed E-state index contributed by atoms with van der Waals surface area (Å²) in [6.45, 7) is 0. The average molecular weight is 274 g/mol. The lowest BCUT2D eigenvalue weighted by Crippen LogP contribution is -1.83. The van der Waals surface area contributed by atoms with Gasteiger partial charge in [-0.2, -0.15) is 0 Å². The fourth-order valence-corrected chi connectivity index (χ4v) is 1.68. The highest BCUT2D eigenvalue weighted by Crippen LogP contribution is 2.30. The lowest BCUT2D eigenvalue weighted by Gasteiger charge is -2.06. The Morgan fingerprint density at radius 3 is 2.19 bits per heavy atom. The van der Waals surface area contributed by atoms with E-state index >= 15 is 0 Å². The average Bonchev–Trinajstić information content (AvgIpc) is 2.24. The molecule has 2 aromatic carbocycles. The van der Waals surface area contributed by atoms with Crippen molar-refractivity contribution in [1.29, 1.82) is 0 Å². The molecule has 0 saturated carbocycles. The monoisotopic (exact) mass is 272 g/mol. The van der Waals surface area contributed by atoms with Crippen molar-refractivity contribution in [3.05, 3.63) is 57.5 Å². The predicted molar refractivity (Wildman–Crippen MR) is 68.0 cm³/mol. The van der Waals surface area contributed by atoms with E-state index in [9.17, 15) is 0 Å². The van der Waals surface area contributed by atoms with Crippen molar-refractivity contribution in [3.8, 4) is 11.5 Å². The van der Waals surface area contributed by atoms with Gasteiger partial charge < -0.3 is 4.74 Å². The molecule has 0 unspecified atom stereocenters. The Kier molecular flexibility index (Phi) is 3.59. The number of rotatable bonds is 2. The van der Waals surface area contributed by atoms with Gasteiger partial charge in [-0.1, -0.05) is 40.9 Å². The first-order chi connectivity index (χ1) is 7.65. The van der Waals surface area contributed by atoms with Crippen molar-refractivity contribution < 1.29 is 4.74 Å². The molecule has 0 atom stereocenters. The Morgan fingerprint density at radius 2 is 1.50 bits per heavy atom. The maximum Gasteiger partial charge on any atom is 0.129 e. The summed E-state index contributed by atoms with van der Waals surface area (Å²) in [7, 11) is 0. The van der Waals surface area contributed by atoms with Crippen LogP contribution in [0.25, 0.3) is 0 Å². The Balaban J connectivity index is 2.24. The van der Waals surface area contributed by atoms with Gasteiger partial charge in [0.1, 0.15) is 11.5 Å². The zero-order chi connectivity index (χ0) is 11.5. The van der Waals surface area contributed by atoms with E-state index in [0.29, 0.717) is 26.6 Å². The molecule has 2 aromatic rings. The maximum absolute atomic E-state index is 5.87. The van der Waals surface area contributed by atoms with Gasteiger partial charge in [0.25, 0.3) is 0 Å². The van der Waals surface area contributed by atoms with Crippen molar-refractivity contribution >= 4 is 34.8 Å². The smallest absolute Gasteiger partial charge is 0.129 e. The largest absolute Gasteiger partial charge is 0.457 e. The summed E-state index contributed by atoms with van der Waals surface area (Å²) in [5.41, 5.74) is 0. The van der Waals surface area contributed by atoms with E-state index in [1.54, 1.807) is 30.3 Å². The molecule has 0 aliphatic rings. The van der Waals surface area contributed by atoms with Crippen LogP contribution in [0, 0.1) is 0 Å². The first kappa shape index (κ1) is 11.6. The Hall–Kier alpha value is -0.890. The highest BCUT2D eigenvalue weighted by Gasteiger charge is 2.02. The van der Waals surface area contributed by atoms with Crippen LogP contribution in [-0.4, -0.2) is 0 Å². The summed E-state index contributed by atoms with van der Waals surface area (Å²) >= 11 is 17.5. The van der Waals surface area contributed by atoms with Crippen LogP contribution in [0.1, 0.15) is 0 Å². The first-order valence-electron chi connectivity index (χ1n) is 4.53. The van der Waals surface area contributed by atoms with Gasteiger partial charge in [0.2, 0.25) is 0 Å². The van der Waals surface area contributed by atoms with Crippen LogP contribution in [0.15, 0.2) is 42.5 Å². The minimum atomic E-state index is 0.459. The van der Waals surface area contributed by atoms with Gasteiger partial charge in [-0.15, -0.1) is 0 Å². The van der Waals surface area contributed by atoms with Crippen LogP contribution in [-0.2, 0) is 0 Å². The van der Waals surface area contributed by atoms with Gasteiger partial charge in [0.15, 0.2) is 0 Å². The molecular weight excluding hydrogens is 266 g/mol. The number of ether oxygens (including phenoxy) is 1. The third-order valence-electron chi connectivity index (χ3n) is 1.92. The van der Waals surface area contributed by atoms with Crippen LogP contribution in [0.2, 0.25) is 15.1 Å². The SMILES string of the molecule is Clc1cccc(Oc2ccc(Cl)c(Cl)c2)c1. The zero-order valence-electron chi connectivity index (χ0n) is 8.08. The highest BCUT2D eigenvalue weighted by atomic mass is 35.5. The van der Waals surface area contributed by atoms with Gasteiger partial charge >= 0.3 is 0 Å². The molecule has 0 bridgehead atoms. The van der Waals surface area contributed by atoms with E-state index in [1.165, 1.54) is 0 Å². The summed E-state index contributed by atoms with van der Waals surface area (Å²) < 4.78 is 5.57. The van der Waals surface area contributed by atoms with Gasteiger partial charge in [-0.25, -0.2) is 0 Å². The number of benzene rings is 2. The quantitative estimate of drug-likeness (QED) is 0.708. The molecule has 0 spiro atoms. The van der Waals surface area contributed by atoms with Gasteiger partial charge in [0.05, 0.1) is 10.0 Å². The second kappa shape index (κ2) is 4.96. The Morgan fingerprint density at radius 1 is 0.750 bits per heavy atom. The van der Waals surface area contributed by atoms with Crippen molar-refractivity contribution in [1.82, 2.24) is 0 Å². The van der Waals surface area contributed by atoms with E-state index < -0.39 is 0 Å².